The first kappa shape index (κ1) is 22.8. The van der Waals surface area contributed by atoms with Crippen molar-refractivity contribution in [2.75, 3.05) is 13.1 Å². The van der Waals surface area contributed by atoms with Crippen molar-refractivity contribution in [2.24, 2.45) is 0 Å². The standard InChI is InChI=1S/C24H25F3N4O2/c25-24(26,27)23-28-18-12-11-17(14-19(18)29-23)22(16-8-4-3-5-9-16)30-20(32)15-31-13-7-2-1-6-10-21(31)33/h3-5,8-9,11-12,14,22H,1-2,6-7,10,13,15H2,(H,28,29)(H,30,32). The Balaban J connectivity index is 1.59. The topological polar surface area (TPSA) is 78.1 Å². The van der Waals surface area contributed by atoms with Crippen molar-refractivity contribution < 1.29 is 22.8 Å². The molecule has 1 fully saturated rings. The fraction of sp³-hybridized carbons (Fsp3) is 0.375. The molecule has 4 rings (SSSR count). The number of H-pyrrole nitrogens is 1. The Hall–Kier alpha value is -3.36. The third-order valence-corrected chi connectivity index (χ3v) is 5.80. The highest BCUT2D eigenvalue weighted by Crippen LogP contribution is 2.30. The highest BCUT2D eigenvalue weighted by molar-refractivity contribution is 5.85. The average molecular weight is 458 g/mol. The molecule has 1 unspecified atom stereocenters. The number of benzene rings is 2. The smallest absolute Gasteiger partial charge is 0.344 e. The lowest BCUT2D eigenvalue weighted by Crippen LogP contribution is -2.42. The van der Waals surface area contributed by atoms with Gasteiger partial charge in [-0.05, 0) is 36.1 Å². The summed E-state index contributed by atoms with van der Waals surface area (Å²) < 4.78 is 39.1. The number of aromatic amines is 1. The molecule has 3 aromatic rings. The number of fused-ring (bicyclic) bond motifs is 1. The zero-order valence-corrected chi connectivity index (χ0v) is 18.0. The minimum Gasteiger partial charge on any atom is -0.344 e. The molecule has 33 heavy (non-hydrogen) atoms. The maximum Gasteiger partial charge on any atom is 0.449 e. The summed E-state index contributed by atoms with van der Waals surface area (Å²) >= 11 is 0. The van der Waals surface area contributed by atoms with Gasteiger partial charge in [0.1, 0.15) is 0 Å². The maximum absolute atomic E-state index is 13.0. The number of aromatic nitrogens is 2. The van der Waals surface area contributed by atoms with Crippen molar-refractivity contribution in [3.05, 3.63) is 65.5 Å². The molecule has 2 heterocycles. The summed E-state index contributed by atoms with van der Waals surface area (Å²) in [4.78, 5) is 32.9. The number of carbonyl (C=O) groups is 2. The summed E-state index contributed by atoms with van der Waals surface area (Å²) in [5.41, 5.74) is 1.81. The van der Waals surface area contributed by atoms with Crippen molar-refractivity contribution in [3.8, 4) is 0 Å². The van der Waals surface area contributed by atoms with Gasteiger partial charge >= 0.3 is 6.18 Å². The fourth-order valence-electron chi connectivity index (χ4n) is 4.11. The summed E-state index contributed by atoms with van der Waals surface area (Å²) in [6, 6.07) is 13.3. The van der Waals surface area contributed by atoms with Crippen molar-refractivity contribution in [2.45, 2.75) is 44.3 Å². The first-order valence-corrected chi connectivity index (χ1v) is 11.0. The van der Waals surface area contributed by atoms with Crippen molar-refractivity contribution in [1.29, 1.82) is 0 Å². The summed E-state index contributed by atoms with van der Waals surface area (Å²) in [5.74, 6) is -1.41. The van der Waals surface area contributed by atoms with Crippen LogP contribution in [0.5, 0.6) is 0 Å². The fourth-order valence-corrected chi connectivity index (χ4v) is 4.11. The molecule has 6 nitrogen and oxygen atoms in total. The van der Waals surface area contributed by atoms with Gasteiger partial charge in [-0.3, -0.25) is 9.59 Å². The molecule has 9 heteroatoms. The van der Waals surface area contributed by atoms with Gasteiger partial charge in [-0.15, -0.1) is 0 Å². The third kappa shape index (κ3) is 5.53. The third-order valence-electron chi connectivity index (χ3n) is 5.80. The average Bonchev–Trinajstić information content (AvgIpc) is 3.22. The number of rotatable bonds is 5. The molecule has 1 aromatic heterocycles. The SMILES string of the molecule is O=C(CN1CCCCCCC1=O)NC(c1ccccc1)c1ccc2nc(C(F)(F)F)[nH]c2c1. The molecule has 0 spiro atoms. The molecule has 1 aliphatic heterocycles. The first-order valence-electron chi connectivity index (χ1n) is 11.0. The number of halogens is 3. The molecule has 0 aliphatic carbocycles. The van der Waals surface area contributed by atoms with E-state index in [1.807, 2.05) is 30.3 Å². The number of nitrogens with zero attached hydrogens (tertiary/aromatic N) is 2. The second-order valence-electron chi connectivity index (χ2n) is 8.25. The molecule has 0 radical (unpaired) electrons. The molecule has 2 aromatic carbocycles. The quantitative estimate of drug-likeness (QED) is 0.588. The van der Waals surface area contributed by atoms with Crippen LogP contribution in [-0.2, 0) is 15.8 Å². The number of amides is 2. The molecule has 0 saturated carbocycles. The van der Waals surface area contributed by atoms with Crippen molar-refractivity contribution >= 4 is 22.8 Å². The Morgan fingerprint density at radius 3 is 2.58 bits per heavy atom. The van der Waals surface area contributed by atoms with E-state index in [-0.39, 0.29) is 29.4 Å². The number of hydrogen-bond acceptors (Lipinski definition) is 3. The Morgan fingerprint density at radius 2 is 1.82 bits per heavy atom. The predicted molar refractivity (Wildman–Crippen MR) is 117 cm³/mol. The number of nitrogens with one attached hydrogen (secondary N) is 2. The Labute approximate surface area is 189 Å². The van der Waals surface area contributed by atoms with Crippen LogP contribution in [-0.4, -0.2) is 39.8 Å². The normalized spacial score (nSPS) is 16.3. The van der Waals surface area contributed by atoms with Crippen LogP contribution in [0.25, 0.3) is 11.0 Å². The lowest BCUT2D eigenvalue weighted by Gasteiger charge is -2.26. The minimum atomic E-state index is -4.58. The van der Waals surface area contributed by atoms with Crippen molar-refractivity contribution in [3.63, 3.8) is 0 Å². The highest BCUT2D eigenvalue weighted by Gasteiger charge is 2.34. The lowest BCUT2D eigenvalue weighted by molar-refractivity contribution is -0.144. The second kappa shape index (κ2) is 9.64. The summed E-state index contributed by atoms with van der Waals surface area (Å²) in [7, 11) is 0. The van der Waals surface area contributed by atoms with E-state index in [2.05, 4.69) is 15.3 Å². The van der Waals surface area contributed by atoms with E-state index in [0.717, 1.165) is 31.2 Å². The molecule has 1 saturated heterocycles. The van der Waals surface area contributed by atoms with Gasteiger partial charge in [0.05, 0.1) is 23.6 Å². The van der Waals surface area contributed by atoms with E-state index in [4.69, 9.17) is 0 Å². The maximum atomic E-state index is 13.0. The van der Waals surface area contributed by atoms with E-state index in [0.29, 0.717) is 18.5 Å². The van der Waals surface area contributed by atoms with Gasteiger partial charge in [0.2, 0.25) is 17.6 Å². The zero-order valence-electron chi connectivity index (χ0n) is 18.0. The van der Waals surface area contributed by atoms with Gasteiger partial charge < -0.3 is 15.2 Å². The molecule has 174 valence electrons. The molecule has 1 aliphatic rings. The van der Waals surface area contributed by atoms with Crippen LogP contribution in [0.1, 0.15) is 55.1 Å². The van der Waals surface area contributed by atoms with Gasteiger partial charge in [-0.2, -0.15) is 13.2 Å². The van der Waals surface area contributed by atoms with Gasteiger partial charge in [0.15, 0.2) is 0 Å². The molecule has 1 atom stereocenters. The van der Waals surface area contributed by atoms with Crippen LogP contribution in [0.3, 0.4) is 0 Å². The number of alkyl halides is 3. The van der Waals surface area contributed by atoms with E-state index in [1.165, 1.54) is 6.07 Å². The minimum absolute atomic E-state index is 0.0281. The Bertz CT molecular complexity index is 1130. The van der Waals surface area contributed by atoms with Crippen LogP contribution < -0.4 is 5.32 Å². The number of likely N-dealkylation sites (tertiary alicyclic amines) is 1. The van der Waals surface area contributed by atoms with Crippen LogP contribution in [0.15, 0.2) is 48.5 Å². The molecular formula is C24H25F3N4O2. The lowest BCUT2D eigenvalue weighted by atomic mass is 9.98. The van der Waals surface area contributed by atoms with Crippen LogP contribution in [0.4, 0.5) is 13.2 Å². The Morgan fingerprint density at radius 1 is 1.06 bits per heavy atom. The van der Waals surface area contributed by atoms with E-state index >= 15 is 0 Å². The van der Waals surface area contributed by atoms with Crippen molar-refractivity contribution in [1.82, 2.24) is 20.2 Å². The molecule has 2 amide bonds. The molecule has 0 bridgehead atoms. The van der Waals surface area contributed by atoms with Gasteiger partial charge in [-0.1, -0.05) is 49.2 Å². The molecular weight excluding hydrogens is 433 g/mol. The van der Waals surface area contributed by atoms with Crippen LogP contribution in [0, 0.1) is 0 Å². The number of hydrogen-bond donors (Lipinski definition) is 2. The summed E-state index contributed by atoms with van der Waals surface area (Å²) in [6.45, 7) is 0.495. The van der Waals surface area contributed by atoms with Crippen LogP contribution >= 0.6 is 0 Å². The van der Waals surface area contributed by atoms with E-state index < -0.39 is 18.0 Å². The monoisotopic (exact) mass is 458 g/mol. The molecule has 2 N–H and O–H groups in total. The highest BCUT2D eigenvalue weighted by atomic mass is 19.4. The summed E-state index contributed by atoms with van der Waals surface area (Å²) in [6.07, 6.45) is -0.402. The van der Waals surface area contributed by atoms with Gasteiger partial charge in [0, 0.05) is 13.0 Å². The van der Waals surface area contributed by atoms with Gasteiger partial charge in [-0.25, -0.2) is 4.98 Å². The first-order chi connectivity index (χ1) is 15.8. The van der Waals surface area contributed by atoms with Gasteiger partial charge in [0.25, 0.3) is 0 Å². The summed E-state index contributed by atoms with van der Waals surface area (Å²) in [5, 5.41) is 2.97. The number of carbonyl (C=O) groups excluding carboxylic acids is 2. The van der Waals surface area contributed by atoms with Crippen LogP contribution in [0.2, 0.25) is 0 Å². The van der Waals surface area contributed by atoms with E-state index in [9.17, 15) is 22.8 Å². The Kier molecular flexibility index (Phi) is 6.67. The number of imidazole rings is 1. The largest absolute Gasteiger partial charge is 0.449 e. The van der Waals surface area contributed by atoms with E-state index in [1.54, 1.807) is 17.0 Å². The second-order valence-corrected chi connectivity index (χ2v) is 8.25. The predicted octanol–water partition coefficient (Wildman–Crippen LogP) is 4.58. The zero-order chi connectivity index (χ0) is 23.4.